The first-order chi connectivity index (χ1) is 3.87. The number of rotatable bonds is 1. The van der Waals surface area contributed by atoms with E-state index < -0.39 is 0 Å². The van der Waals surface area contributed by atoms with E-state index >= 15 is 0 Å². The third-order valence-electron chi connectivity index (χ3n) is 2.93. The van der Waals surface area contributed by atoms with E-state index in [1.165, 1.54) is 25.9 Å². The Balaban J connectivity index is 0.000000405. The fraction of sp³-hybridized carbons (Fsp3) is 1.00. The fourth-order valence-electron chi connectivity index (χ4n) is 1.99. The molecule has 2 fully saturated rings. The summed E-state index contributed by atoms with van der Waals surface area (Å²) in [5, 5.41) is 3.41. The molecule has 0 aromatic rings. The van der Waals surface area contributed by atoms with Crippen molar-refractivity contribution < 1.29 is 0 Å². The Bertz CT molecular complexity index is 111. The maximum atomic E-state index is 3.41. The number of nitrogens with one attached hydrogen (secondary N) is 1. The molecule has 0 aromatic heterocycles. The van der Waals surface area contributed by atoms with Crippen molar-refractivity contribution in [3.8, 4) is 0 Å². The highest BCUT2D eigenvalue weighted by atomic mass is 35.5. The van der Waals surface area contributed by atoms with Gasteiger partial charge in [0.05, 0.1) is 0 Å². The van der Waals surface area contributed by atoms with Crippen LogP contribution in [0, 0.1) is 11.3 Å². The van der Waals surface area contributed by atoms with Gasteiger partial charge in [-0.2, -0.15) is 0 Å². The van der Waals surface area contributed by atoms with Gasteiger partial charge < -0.3 is 5.32 Å². The topological polar surface area (TPSA) is 12.0 Å². The summed E-state index contributed by atoms with van der Waals surface area (Å²) in [4.78, 5) is 0. The molecule has 1 aliphatic carbocycles. The van der Waals surface area contributed by atoms with Crippen LogP contribution in [0.25, 0.3) is 0 Å². The van der Waals surface area contributed by atoms with E-state index in [0.717, 1.165) is 11.3 Å². The first-order valence-electron chi connectivity index (χ1n) is 3.58. The molecule has 0 spiro atoms. The molecular formula is C7H14ClN. The monoisotopic (exact) mass is 147 g/mol. The van der Waals surface area contributed by atoms with Crippen LogP contribution >= 0.6 is 12.4 Å². The van der Waals surface area contributed by atoms with Crippen molar-refractivity contribution >= 4 is 12.4 Å². The summed E-state index contributed by atoms with van der Waals surface area (Å²) in [5.74, 6) is 1.06. The van der Waals surface area contributed by atoms with E-state index in [0.29, 0.717) is 0 Å². The van der Waals surface area contributed by atoms with Gasteiger partial charge >= 0.3 is 0 Å². The normalized spacial score (nSPS) is 45.7. The van der Waals surface area contributed by atoms with Crippen LogP contribution in [-0.4, -0.2) is 13.1 Å². The van der Waals surface area contributed by atoms with Gasteiger partial charge in [0, 0.05) is 6.54 Å². The molecule has 2 aliphatic rings. The summed E-state index contributed by atoms with van der Waals surface area (Å²) in [6, 6.07) is 0. The van der Waals surface area contributed by atoms with Crippen molar-refractivity contribution in [1.29, 1.82) is 0 Å². The van der Waals surface area contributed by atoms with Gasteiger partial charge in [-0.1, -0.05) is 6.92 Å². The summed E-state index contributed by atoms with van der Waals surface area (Å²) in [7, 11) is 0. The minimum absolute atomic E-state index is 0. The summed E-state index contributed by atoms with van der Waals surface area (Å²) in [6.45, 7) is 4.91. The molecular weight excluding hydrogens is 134 g/mol. The lowest BCUT2D eigenvalue weighted by atomic mass is 10.0. The van der Waals surface area contributed by atoms with E-state index in [4.69, 9.17) is 0 Å². The van der Waals surface area contributed by atoms with Crippen molar-refractivity contribution in [3.63, 3.8) is 0 Å². The van der Waals surface area contributed by atoms with Gasteiger partial charge in [0.25, 0.3) is 0 Å². The second-order valence-electron chi connectivity index (χ2n) is 3.25. The number of hydrogen-bond acceptors (Lipinski definition) is 1. The third-order valence-corrected chi connectivity index (χ3v) is 2.93. The Morgan fingerprint density at radius 3 is 2.67 bits per heavy atom. The van der Waals surface area contributed by atoms with Crippen LogP contribution in [-0.2, 0) is 0 Å². The van der Waals surface area contributed by atoms with E-state index in [1.807, 2.05) is 0 Å². The molecule has 0 bridgehead atoms. The zero-order chi connectivity index (χ0) is 5.61. The fourth-order valence-corrected chi connectivity index (χ4v) is 1.99. The molecule has 0 radical (unpaired) electrons. The average molecular weight is 148 g/mol. The molecule has 0 amide bonds. The highest BCUT2D eigenvalue weighted by Gasteiger charge is 2.55. The second-order valence-corrected chi connectivity index (χ2v) is 3.25. The molecule has 1 N–H and O–H groups in total. The van der Waals surface area contributed by atoms with Crippen LogP contribution in [0.3, 0.4) is 0 Å². The minimum atomic E-state index is 0. The predicted octanol–water partition coefficient (Wildman–Crippen LogP) is 1.43. The molecule has 0 aromatic carbocycles. The van der Waals surface area contributed by atoms with Crippen molar-refractivity contribution in [3.05, 3.63) is 0 Å². The lowest BCUT2D eigenvalue weighted by molar-refractivity contribution is 0.496. The molecule has 1 nitrogen and oxygen atoms in total. The van der Waals surface area contributed by atoms with Gasteiger partial charge in [-0.05, 0) is 30.7 Å². The van der Waals surface area contributed by atoms with E-state index in [2.05, 4.69) is 12.2 Å². The zero-order valence-electron chi connectivity index (χ0n) is 5.81. The summed E-state index contributed by atoms with van der Waals surface area (Å²) in [6.07, 6.45) is 2.90. The predicted molar refractivity (Wildman–Crippen MR) is 40.9 cm³/mol. The lowest BCUT2D eigenvalue weighted by Crippen LogP contribution is -2.15. The molecule has 1 aliphatic heterocycles. The maximum Gasteiger partial charge on any atom is 0.00111 e. The number of piperidine rings is 1. The van der Waals surface area contributed by atoms with Crippen LogP contribution in [0.5, 0.6) is 0 Å². The SMILES string of the molecule is CC[C@@]12CNC[C@@H]1C2.Cl. The Hall–Kier alpha value is 0.250. The van der Waals surface area contributed by atoms with Gasteiger partial charge in [-0.25, -0.2) is 0 Å². The van der Waals surface area contributed by atoms with Gasteiger partial charge in [-0.15, -0.1) is 12.4 Å². The lowest BCUT2D eigenvalue weighted by Gasteiger charge is -2.04. The Morgan fingerprint density at radius 2 is 2.44 bits per heavy atom. The van der Waals surface area contributed by atoms with E-state index in [9.17, 15) is 0 Å². The molecule has 2 rings (SSSR count). The first-order valence-corrected chi connectivity index (χ1v) is 3.58. The number of hydrogen-bond donors (Lipinski definition) is 1. The quantitative estimate of drug-likeness (QED) is 0.592. The number of fused-ring (bicyclic) bond motifs is 1. The summed E-state index contributed by atoms with van der Waals surface area (Å²) < 4.78 is 0. The largest absolute Gasteiger partial charge is 0.316 e. The van der Waals surface area contributed by atoms with Gasteiger partial charge in [0.15, 0.2) is 0 Å². The standard InChI is InChI=1S/C7H13N.ClH/c1-2-7-3-6(7)4-8-5-7;/h6,8H,2-5H2,1H3;1H/t6-,7+;/m0./s1. The molecule has 54 valence electrons. The van der Waals surface area contributed by atoms with E-state index in [-0.39, 0.29) is 12.4 Å². The minimum Gasteiger partial charge on any atom is -0.316 e. The van der Waals surface area contributed by atoms with Crippen molar-refractivity contribution in [2.24, 2.45) is 11.3 Å². The van der Waals surface area contributed by atoms with Crippen LogP contribution in [0.15, 0.2) is 0 Å². The van der Waals surface area contributed by atoms with Gasteiger partial charge in [0.2, 0.25) is 0 Å². The number of halogens is 1. The Labute approximate surface area is 62.6 Å². The second kappa shape index (κ2) is 2.14. The molecule has 0 unspecified atom stereocenters. The van der Waals surface area contributed by atoms with Crippen molar-refractivity contribution in [1.82, 2.24) is 5.32 Å². The smallest absolute Gasteiger partial charge is 0.00111 e. The first kappa shape index (κ1) is 7.36. The van der Waals surface area contributed by atoms with Crippen LogP contribution in [0.4, 0.5) is 0 Å². The molecule has 1 saturated carbocycles. The van der Waals surface area contributed by atoms with E-state index in [1.54, 1.807) is 0 Å². The highest BCUT2D eigenvalue weighted by Crippen LogP contribution is 2.56. The average Bonchev–Trinajstić information content (AvgIpc) is 2.38. The van der Waals surface area contributed by atoms with Gasteiger partial charge in [0.1, 0.15) is 0 Å². The van der Waals surface area contributed by atoms with Crippen LogP contribution in [0.2, 0.25) is 0 Å². The van der Waals surface area contributed by atoms with Gasteiger partial charge in [-0.3, -0.25) is 0 Å². The molecule has 1 heterocycles. The third kappa shape index (κ3) is 0.870. The molecule has 2 atom stereocenters. The summed E-state index contributed by atoms with van der Waals surface area (Å²) >= 11 is 0. The van der Waals surface area contributed by atoms with Crippen molar-refractivity contribution in [2.75, 3.05) is 13.1 Å². The molecule has 2 heteroatoms. The van der Waals surface area contributed by atoms with Crippen molar-refractivity contribution in [2.45, 2.75) is 19.8 Å². The Morgan fingerprint density at radius 1 is 1.67 bits per heavy atom. The highest BCUT2D eigenvalue weighted by molar-refractivity contribution is 5.85. The van der Waals surface area contributed by atoms with Crippen LogP contribution < -0.4 is 5.32 Å². The maximum absolute atomic E-state index is 3.41. The molecule has 9 heavy (non-hydrogen) atoms. The summed E-state index contributed by atoms with van der Waals surface area (Å²) in [5.41, 5.74) is 0.792. The zero-order valence-corrected chi connectivity index (χ0v) is 6.63. The van der Waals surface area contributed by atoms with Crippen LogP contribution in [0.1, 0.15) is 19.8 Å². The molecule has 1 saturated heterocycles. The Kier molecular flexibility index (Phi) is 1.75.